The number of methoxy groups -OCH3 is 1. The Morgan fingerprint density at radius 2 is 2.10 bits per heavy atom. The molecule has 0 amide bonds. The lowest BCUT2D eigenvalue weighted by Gasteiger charge is -2.12. The van der Waals surface area contributed by atoms with Crippen molar-refractivity contribution in [2.45, 2.75) is 13.3 Å². The second-order valence-electron chi connectivity index (χ2n) is 6.25. The molecule has 1 aromatic carbocycles. The Morgan fingerprint density at radius 1 is 1.37 bits per heavy atom. The van der Waals surface area contributed by atoms with Crippen LogP contribution in [0.4, 0.5) is 20.2 Å². The van der Waals surface area contributed by atoms with E-state index in [1.54, 1.807) is 6.92 Å². The maximum Gasteiger partial charge on any atom is 0.246 e. The van der Waals surface area contributed by atoms with Crippen LogP contribution in [0.3, 0.4) is 0 Å². The lowest BCUT2D eigenvalue weighted by molar-refractivity contribution is 0.103. The molecule has 8 nitrogen and oxygen atoms in total. The molecule has 3 aromatic rings. The van der Waals surface area contributed by atoms with Crippen molar-refractivity contribution in [3.05, 3.63) is 58.7 Å². The Hall–Kier alpha value is -3.52. The summed E-state index contributed by atoms with van der Waals surface area (Å²) in [5.41, 5.74) is -1.46. The third-order valence-electron chi connectivity index (χ3n) is 4.26. The Labute approximate surface area is 170 Å². The van der Waals surface area contributed by atoms with Gasteiger partial charge in [-0.2, -0.15) is 0 Å². The molecule has 2 aromatic heterocycles. The van der Waals surface area contributed by atoms with Crippen LogP contribution in [0.1, 0.15) is 29.3 Å². The number of hydrogen-bond acceptors (Lipinski definition) is 5. The number of ketones is 1. The van der Waals surface area contributed by atoms with Crippen LogP contribution in [0.5, 0.6) is 5.75 Å². The summed E-state index contributed by atoms with van der Waals surface area (Å²) >= 11 is 0. The van der Waals surface area contributed by atoms with Crippen molar-refractivity contribution in [2.75, 3.05) is 17.6 Å². The second-order valence-corrected chi connectivity index (χ2v) is 8.09. The average Bonchev–Trinajstić information content (AvgIpc) is 3.13. The minimum absolute atomic E-state index is 0.0145. The number of aromatic amines is 1. The van der Waals surface area contributed by atoms with Crippen LogP contribution in [-0.2, 0) is 10.0 Å². The number of H-pyrrole nitrogens is 1. The van der Waals surface area contributed by atoms with Crippen LogP contribution >= 0.6 is 0 Å². The fourth-order valence-electron chi connectivity index (χ4n) is 2.98. The molecule has 0 unspecified atom stereocenters. The van der Waals surface area contributed by atoms with Gasteiger partial charge >= 0.3 is 0 Å². The van der Waals surface area contributed by atoms with Crippen molar-refractivity contribution in [2.24, 2.45) is 0 Å². The van der Waals surface area contributed by atoms with Crippen molar-refractivity contribution in [1.29, 1.82) is 0 Å². The first-order chi connectivity index (χ1) is 14.2. The lowest BCUT2D eigenvalue weighted by Crippen LogP contribution is -2.18. The second kappa shape index (κ2) is 8.08. The van der Waals surface area contributed by atoms with E-state index in [1.807, 2.05) is 4.72 Å². The Kier molecular flexibility index (Phi) is 5.71. The number of ether oxygens (including phenoxy) is 1. The largest absolute Gasteiger partial charge is 0.507 e. The number of anilines is 1. The van der Waals surface area contributed by atoms with E-state index < -0.39 is 38.7 Å². The first-order valence-electron chi connectivity index (χ1n) is 8.68. The fourth-order valence-corrected chi connectivity index (χ4v) is 4.12. The Balaban J connectivity index is 2.17. The predicted octanol–water partition coefficient (Wildman–Crippen LogP) is 3.78. The first-order valence-corrected chi connectivity index (χ1v) is 10.3. The standard InChI is InChI=1S/C19H16F2N4O4S/c1-4-7-30(27,28)25-12-6-5-11(20)15(16(12)21)17(26)10-8-23-19-14(10)18(29-3)13(22-2)9-24-19/h5-6,8-9,25H,4,7H2,1,3H3,(H,23,24). The van der Waals surface area contributed by atoms with Gasteiger partial charge in [0.25, 0.3) is 0 Å². The molecule has 0 spiro atoms. The molecule has 0 atom stereocenters. The van der Waals surface area contributed by atoms with Gasteiger partial charge in [-0.1, -0.05) is 6.92 Å². The molecular formula is C19H16F2N4O4S. The highest BCUT2D eigenvalue weighted by Gasteiger charge is 2.27. The van der Waals surface area contributed by atoms with Gasteiger partial charge in [0.2, 0.25) is 21.5 Å². The van der Waals surface area contributed by atoms with Gasteiger partial charge in [0.15, 0.2) is 5.82 Å². The molecule has 0 aliphatic heterocycles. The van der Waals surface area contributed by atoms with E-state index in [2.05, 4.69) is 14.8 Å². The summed E-state index contributed by atoms with van der Waals surface area (Å²) in [4.78, 5) is 23.0. The quantitative estimate of drug-likeness (QED) is 0.435. The summed E-state index contributed by atoms with van der Waals surface area (Å²) in [7, 11) is -2.58. The number of hydrogen-bond donors (Lipinski definition) is 2. The number of sulfonamides is 1. The smallest absolute Gasteiger partial charge is 0.246 e. The molecule has 0 saturated carbocycles. The number of nitrogens with one attached hydrogen (secondary N) is 2. The zero-order valence-corrected chi connectivity index (χ0v) is 16.7. The summed E-state index contributed by atoms with van der Waals surface area (Å²) in [6.07, 6.45) is 2.72. The molecule has 0 fully saturated rings. The van der Waals surface area contributed by atoms with Gasteiger partial charge < -0.3 is 9.72 Å². The summed E-state index contributed by atoms with van der Waals surface area (Å²) in [6.45, 7) is 8.83. The topological polar surface area (TPSA) is 106 Å². The number of carbonyl (C=O) groups excluding carboxylic acids is 1. The van der Waals surface area contributed by atoms with E-state index in [0.29, 0.717) is 0 Å². The zero-order chi connectivity index (χ0) is 22.1. The minimum Gasteiger partial charge on any atom is -0.507 e. The van der Waals surface area contributed by atoms with Gasteiger partial charge in [0, 0.05) is 12.4 Å². The zero-order valence-electron chi connectivity index (χ0n) is 15.9. The number of benzene rings is 1. The van der Waals surface area contributed by atoms with Crippen molar-refractivity contribution >= 4 is 38.2 Å². The van der Waals surface area contributed by atoms with Crippen molar-refractivity contribution < 1.29 is 26.7 Å². The van der Waals surface area contributed by atoms with E-state index >= 15 is 0 Å². The van der Waals surface area contributed by atoms with Gasteiger partial charge in [0.1, 0.15) is 17.2 Å². The minimum atomic E-state index is -3.86. The molecule has 2 heterocycles. The van der Waals surface area contributed by atoms with Crippen LogP contribution < -0.4 is 9.46 Å². The molecule has 0 radical (unpaired) electrons. The summed E-state index contributed by atoms with van der Waals surface area (Å²) in [6, 6.07) is 1.71. The molecule has 0 aliphatic carbocycles. The number of rotatable bonds is 7. The highest BCUT2D eigenvalue weighted by atomic mass is 32.2. The number of aromatic nitrogens is 2. The summed E-state index contributed by atoms with van der Waals surface area (Å²) in [5, 5.41) is 0.0896. The van der Waals surface area contributed by atoms with Gasteiger partial charge in [-0.3, -0.25) is 9.52 Å². The van der Waals surface area contributed by atoms with Crippen LogP contribution in [0.2, 0.25) is 0 Å². The fraction of sp³-hybridized carbons (Fsp3) is 0.211. The lowest BCUT2D eigenvalue weighted by atomic mass is 10.0. The van der Waals surface area contributed by atoms with E-state index in [9.17, 15) is 22.0 Å². The molecule has 30 heavy (non-hydrogen) atoms. The third-order valence-corrected chi connectivity index (χ3v) is 5.74. The predicted molar refractivity (Wildman–Crippen MR) is 106 cm³/mol. The van der Waals surface area contributed by atoms with E-state index in [-0.39, 0.29) is 40.2 Å². The third kappa shape index (κ3) is 3.69. The Morgan fingerprint density at radius 3 is 2.73 bits per heavy atom. The van der Waals surface area contributed by atoms with Crippen molar-refractivity contribution in [3.63, 3.8) is 0 Å². The van der Waals surface area contributed by atoms with Gasteiger partial charge in [0.05, 0.1) is 41.6 Å². The van der Waals surface area contributed by atoms with Crippen LogP contribution in [0.25, 0.3) is 15.9 Å². The molecule has 0 bridgehead atoms. The first kappa shape index (κ1) is 21.2. The summed E-state index contributed by atoms with van der Waals surface area (Å²) < 4.78 is 60.6. The molecule has 3 rings (SSSR count). The Bertz CT molecular complexity index is 1300. The van der Waals surface area contributed by atoms with Gasteiger partial charge in [-0.15, -0.1) is 0 Å². The maximum atomic E-state index is 15.0. The highest BCUT2D eigenvalue weighted by Crippen LogP contribution is 2.37. The number of fused-ring (bicyclic) bond motifs is 1. The monoisotopic (exact) mass is 434 g/mol. The maximum absolute atomic E-state index is 15.0. The van der Waals surface area contributed by atoms with Crippen molar-refractivity contribution in [1.82, 2.24) is 9.97 Å². The molecule has 156 valence electrons. The van der Waals surface area contributed by atoms with Crippen LogP contribution in [0.15, 0.2) is 24.5 Å². The van der Waals surface area contributed by atoms with E-state index in [4.69, 9.17) is 11.3 Å². The van der Waals surface area contributed by atoms with E-state index in [0.717, 1.165) is 12.1 Å². The van der Waals surface area contributed by atoms with Crippen LogP contribution in [-0.4, -0.2) is 37.0 Å². The van der Waals surface area contributed by atoms with Gasteiger partial charge in [-0.25, -0.2) is 27.0 Å². The number of pyridine rings is 1. The average molecular weight is 434 g/mol. The normalized spacial score (nSPS) is 11.3. The molecule has 0 saturated heterocycles. The van der Waals surface area contributed by atoms with Crippen LogP contribution in [0, 0.1) is 18.2 Å². The SMILES string of the molecule is [C-]#[N+]c1cnc2[nH]cc(C(=O)c3c(F)ccc(NS(=O)(=O)CCC)c3F)c2c1OC. The van der Waals surface area contributed by atoms with Gasteiger partial charge in [-0.05, 0) is 18.6 Å². The molecule has 11 heteroatoms. The number of nitrogens with zero attached hydrogens (tertiary/aromatic N) is 2. The van der Waals surface area contributed by atoms with E-state index in [1.165, 1.54) is 19.5 Å². The highest BCUT2D eigenvalue weighted by molar-refractivity contribution is 7.92. The molecular weight excluding hydrogens is 418 g/mol. The summed E-state index contributed by atoms with van der Waals surface area (Å²) in [5.74, 6) is -3.81. The molecule has 2 N–H and O–H groups in total. The number of halogens is 2. The molecule has 0 aliphatic rings. The number of carbonyl (C=O) groups is 1. The van der Waals surface area contributed by atoms with Crippen molar-refractivity contribution in [3.8, 4) is 5.75 Å².